The van der Waals surface area contributed by atoms with Gasteiger partial charge in [-0.25, -0.2) is 8.78 Å². The number of nitrogens with one attached hydrogen (secondary N) is 2. The van der Waals surface area contributed by atoms with Crippen LogP contribution in [0.15, 0.2) is 84.9 Å². The SMILES string of the molecule is O=C1CCC(NC(=O)c2ccc(N3CC4(CCN(CC5CCN(c6ccc([C@H]7c8ccc(O)cc8OC[C@H]7c7ccccc7F)cc6)CC5)CC4)C3)cc2F)C(=O)N1. The van der Waals surface area contributed by atoms with E-state index in [-0.39, 0.29) is 53.1 Å². The number of halogens is 2. The molecular formula is C46H49F2N5O5. The lowest BCUT2D eigenvalue weighted by molar-refractivity contribution is -0.134. The van der Waals surface area contributed by atoms with Gasteiger partial charge in [-0.15, -0.1) is 0 Å². The van der Waals surface area contributed by atoms with Crippen molar-refractivity contribution < 1.29 is 33.0 Å². The van der Waals surface area contributed by atoms with Gasteiger partial charge in [0.15, 0.2) is 0 Å². The zero-order chi connectivity index (χ0) is 40.0. The van der Waals surface area contributed by atoms with E-state index < -0.39 is 23.7 Å². The van der Waals surface area contributed by atoms with Gasteiger partial charge in [0.25, 0.3) is 5.91 Å². The molecule has 5 aliphatic heterocycles. The minimum Gasteiger partial charge on any atom is -0.508 e. The van der Waals surface area contributed by atoms with Crippen molar-refractivity contribution in [3.05, 3.63) is 119 Å². The third-order valence-electron chi connectivity index (χ3n) is 13.3. The quantitative estimate of drug-likeness (QED) is 0.178. The van der Waals surface area contributed by atoms with Crippen LogP contribution in [0.1, 0.15) is 77.4 Å². The van der Waals surface area contributed by atoms with E-state index in [0.29, 0.717) is 23.8 Å². The largest absolute Gasteiger partial charge is 0.508 e. The molecule has 4 aromatic rings. The van der Waals surface area contributed by atoms with E-state index in [1.165, 1.54) is 23.9 Å². The van der Waals surface area contributed by atoms with Crippen LogP contribution >= 0.6 is 0 Å². The molecule has 3 atom stereocenters. The van der Waals surface area contributed by atoms with Gasteiger partial charge in [0, 0.05) is 79.4 Å². The third-order valence-corrected chi connectivity index (χ3v) is 13.3. The van der Waals surface area contributed by atoms with Crippen molar-refractivity contribution in [3.63, 3.8) is 0 Å². The summed E-state index contributed by atoms with van der Waals surface area (Å²) >= 11 is 0. The Balaban J connectivity index is 0.749. The van der Waals surface area contributed by atoms with Crippen LogP contribution in [-0.2, 0) is 9.59 Å². The van der Waals surface area contributed by atoms with E-state index in [1.807, 2.05) is 18.2 Å². The Morgan fingerprint density at radius 2 is 1.57 bits per heavy atom. The van der Waals surface area contributed by atoms with E-state index in [1.54, 1.807) is 24.3 Å². The van der Waals surface area contributed by atoms with Gasteiger partial charge >= 0.3 is 0 Å². The van der Waals surface area contributed by atoms with Crippen LogP contribution in [0.5, 0.6) is 11.5 Å². The molecule has 0 saturated carbocycles. The highest BCUT2D eigenvalue weighted by atomic mass is 19.1. The maximum Gasteiger partial charge on any atom is 0.254 e. The van der Waals surface area contributed by atoms with Crippen LogP contribution in [-0.4, -0.2) is 86.2 Å². The Morgan fingerprint density at radius 3 is 2.29 bits per heavy atom. The molecule has 58 heavy (non-hydrogen) atoms. The molecule has 0 bridgehead atoms. The second-order valence-electron chi connectivity index (χ2n) is 17.0. The number of carbonyl (C=O) groups excluding carboxylic acids is 3. The zero-order valence-corrected chi connectivity index (χ0v) is 32.5. The van der Waals surface area contributed by atoms with Crippen molar-refractivity contribution in [2.24, 2.45) is 11.3 Å². The van der Waals surface area contributed by atoms with Crippen molar-refractivity contribution in [2.45, 2.75) is 56.4 Å². The molecule has 1 spiro atoms. The monoisotopic (exact) mass is 789 g/mol. The molecule has 3 amide bonds. The summed E-state index contributed by atoms with van der Waals surface area (Å²) in [5.74, 6) is -1.35. The first kappa shape index (κ1) is 38.1. The average Bonchev–Trinajstić information content (AvgIpc) is 3.21. The first-order valence-corrected chi connectivity index (χ1v) is 20.6. The van der Waals surface area contributed by atoms with Crippen LogP contribution < -0.4 is 25.2 Å². The van der Waals surface area contributed by atoms with Gasteiger partial charge in [-0.1, -0.05) is 36.4 Å². The Hall–Kier alpha value is -5.49. The molecule has 5 heterocycles. The molecule has 3 N–H and O–H groups in total. The lowest BCUT2D eigenvalue weighted by Gasteiger charge is -2.55. The van der Waals surface area contributed by atoms with E-state index in [0.717, 1.165) is 88.3 Å². The summed E-state index contributed by atoms with van der Waals surface area (Å²) in [5.41, 5.74) is 4.74. The van der Waals surface area contributed by atoms with Crippen molar-refractivity contribution in [2.75, 3.05) is 62.2 Å². The summed E-state index contributed by atoms with van der Waals surface area (Å²) in [7, 11) is 0. The molecule has 9 rings (SSSR count). The first-order valence-electron chi connectivity index (χ1n) is 20.6. The van der Waals surface area contributed by atoms with E-state index >= 15 is 8.78 Å². The minimum absolute atomic E-state index is 0.114. The Labute approximate surface area is 337 Å². The number of anilines is 2. The number of phenols is 1. The van der Waals surface area contributed by atoms with Crippen LogP contribution in [0.4, 0.5) is 20.2 Å². The highest BCUT2D eigenvalue weighted by molar-refractivity contribution is 6.04. The van der Waals surface area contributed by atoms with E-state index in [2.05, 4.69) is 49.6 Å². The summed E-state index contributed by atoms with van der Waals surface area (Å²) in [6.07, 6.45) is 4.83. The lowest BCUT2D eigenvalue weighted by Crippen LogP contribution is -2.60. The number of ether oxygens (including phenoxy) is 1. The summed E-state index contributed by atoms with van der Waals surface area (Å²) < 4.78 is 36.2. The Bertz CT molecular complexity index is 2190. The summed E-state index contributed by atoms with van der Waals surface area (Å²) in [5, 5.41) is 14.9. The first-order chi connectivity index (χ1) is 28.1. The fourth-order valence-corrected chi connectivity index (χ4v) is 9.91. The second kappa shape index (κ2) is 15.7. The number of benzene rings is 4. The van der Waals surface area contributed by atoms with Crippen LogP contribution in [0.25, 0.3) is 0 Å². The maximum absolute atomic E-state index is 15.1. The van der Waals surface area contributed by atoms with Crippen molar-refractivity contribution >= 4 is 29.1 Å². The van der Waals surface area contributed by atoms with Gasteiger partial charge in [0.05, 0.1) is 12.2 Å². The van der Waals surface area contributed by atoms with Crippen molar-refractivity contribution in [1.29, 1.82) is 0 Å². The lowest BCUT2D eigenvalue weighted by atomic mass is 9.71. The Morgan fingerprint density at radius 1 is 0.828 bits per heavy atom. The summed E-state index contributed by atoms with van der Waals surface area (Å²) in [6, 6.07) is 24.7. The number of aromatic hydroxyl groups is 1. The molecule has 0 aromatic heterocycles. The number of piperidine rings is 3. The summed E-state index contributed by atoms with van der Waals surface area (Å²) in [4.78, 5) is 43.4. The average molecular weight is 790 g/mol. The van der Waals surface area contributed by atoms with Crippen LogP contribution in [0.3, 0.4) is 0 Å². The van der Waals surface area contributed by atoms with Gasteiger partial charge in [0.1, 0.15) is 29.2 Å². The molecule has 4 fully saturated rings. The topological polar surface area (TPSA) is 114 Å². The predicted octanol–water partition coefficient (Wildman–Crippen LogP) is 6.33. The smallest absolute Gasteiger partial charge is 0.254 e. The molecule has 1 unspecified atom stereocenters. The number of imide groups is 1. The fraction of sp³-hybridized carbons (Fsp3) is 0.413. The van der Waals surface area contributed by atoms with E-state index in [9.17, 15) is 19.5 Å². The van der Waals surface area contributed by atoms with Gasteiger partial charge in [0.2, 0.25) is 11.8 Å². The van der Waals surface area contributed by atoms with Gasteiger partial charge in [-0.2, -0.15) is 0 Å². The minimum atomic E-state index is -0.854. The number of carbonyl (C=O) groups is 3. The molecule has 10 nitrogen and oxygen atoms in total. The highest BCUT2D eigenvalue weighted by Gasteiger charge is 2.45. The van der Waals surface area contributed by atoms with Gasteiger partial charge in [-0.3, -0.25) is 19.7 Å². The molecule has 302 valence electrons. The number of amides is 3. The van der Waals surface area contributed by atoms with Gasteiger partial charge in [-0.05, 0) is 105 Å². The second-order valence-corrected chi connectivity index (χ2v) is 17.0. The van der Waals surface area contributed by atoms with Crippen LogP contribution in [0, 0.1) is 23.0 Å². The maximum atomic E-state index is 15.1. The molecule has 0 aliphatic carbocycles. The fourth-order valence-electron chi connectivity index (χ4n) is 9.91. The number of phenolic OH excluding ortho intramolecular Hbond substituents is 1. The number of nitrogens with zero attached hydrogens (tertiary/aromatic N) is 3. The standard InChI is InChI=1S/C46H49F2N5O5/c47-38-4-2-1-3-34(38)37-26-58-41-24-33(54)10-12-36(41)43(37)30-5-7-31(8-6-30)52-19-15-29(16-20-52)25-51-21-17-46(18-22-51)27-53(28-46)32-9-11-35(39(48)23-32)44(56)49-40-13-14-42(55)50-45(40)57/h1-12,23-24,29,37,40,43,54H,13-22,25-28H2,(H,49,56)(H,50,55,57)/t37-,40?,43-/m0/s1. The number of likely N-dealkylation sites (tertiary alicyclic amines) is 1. The molecule has 5 aliphatic rings. The molecule has 12 heteroatoms. The van der Waals surface area contributed by atoms with E-state index in [4.69, 9.17) is 4.74 Å². The van der Waals surface area contributed by atoms with Crippen molar-refractivity contribution in [1.82, 2.24) is 15.5 Å². The third kappa shape index (κ3) is 7.62. The number of hydrogen-bond donors (Lipinski definition) is 3. The molecular weight excluding hydrogens is 741 g/mol. The molecule has 0 radical (unpaired) electrons. The van der Waals surface area contributed by atoms with Crippen LogP contribution in [0.2, 0.25) is 0 Å². The van der Waals surface area contributed by atoms with Crippen molar-refractivity contribution in [3.8, 4) is 11.5 Å². The van der Waals surface area contributed by atoms with Gasteiger partial charge < -0.3 is 29.9 Å². The number of hydrogen-bond acceptors (Lipinski definition) is 8. The Kier molecular flexibility index (Phi) is 10.3. The molecule has 4 saturated heterocycles. The summed E-state index contributed by atoms with van der Waals surface area (Å²) in [6.45, 7) is 7.30. The number of fused-ring (bicyclic) bond motifs is 1. The normalized spacial score (nSPS) is 23.4. The predicted molar refractivity (Wildman–Crippen MR) is 216 cm³/mol. The highest BCUT2D eigenvalue weighted by Crippen LogP contribution is 2.48. The molecule has 4 aromatic carbocycles. The zero-order valence-electron chi connectivity index (χ0n) is 32.5. The number of rotatable bonds is 8.